The largest absolute Gasteiger partial charge is 0.356 e. The van der Waals surface area contributed by atoms with E-state index < -0.39 is 0 Å². The minimum atomic E-state index is -0.213. The topological polar surface area (TPSA) is 36.4 Å². The summed E-state index contributed by atoms with van der Waals surface area (Å²) in [6.07, 6.45) is 2.06. The van der Waals surface area contributed by atoms with Gasteiger partial charge in [0.25, 0.3) is 0 Å². The molecule has 0 heterocycles. The number of nitrogens with zero attached hydrogens (tertiary/aromatic N) is 1. The van der Waals surface area contributed by atoms with Gasteiger partial charge in [0.15, 0.2) is 5.96 Å². The number of thioether (sulfide) groups is 1. The van der Waals surface area contributed by atoms with Crippen molar-refractivity contribution < 1.29 is 4.39 Å². The van der Waals surface area contributed by atoms with Crippen molar-refractivity contribution in [3.8, 4) is 0 Å². The molecule has 2 N–H and O–H groups in total. The molecule has 0 saturated carbocycles. The molecule has 0 atom stereocenters. The van der Waals surface area contributed by atoms with Gasteiger partial charge in [-0.15, -0.1) is 24.0 Å². The third-order valence-electron chi connectivity index (χ3n) is 2.17. The highest BCUT2D eigenvalue weighted by Crippen LogP contribution is 2.02. The lowest BCUT2D eigenvalue weighted by atomic mass is 10.2. The number of benzene rings is 1. The van der Waals surface area contributed by atoms with E-state index in [1.165, 1.54) is 12.1 Å². The van der Waals surface area contributed by atoms with Crippen LogP contribution in [0.4, 0.5) is 4.39 Å². The molecule has 0 aliphatic rings. The molecule has 0 aliphatic heterocycles. The SMILES string of the molecule is CN=C(NCCSC)NCc1cccc(F)c1.I. The van der Waals surface area contributed by atoms with Gasteiger partial charge in [0.2, 0.25) is 0 Å². The number of rotatable bonds is 5. The van der Waals surface area contributed by atoms with Crippen LogP contribution < -0.4 is 10.6 Å². The Hall–Kier alpha value is -0.500. The average molecular weight is 383 g/mol. The number of hydrogen-bond donors (Lipinski definition) is 2. The normalized spacial score (nSPS) is 10.7. The molecule has 6 heteroatoms. The molecule has 1 aromatic carbocycles. The first-order valence-corrected chi connectivity index (χ1v) is 6.83. The third kappa shape index (κ3) is 7.05. The zero-order chi connectivity index (χ0) is 12.5. The van der Waals surface area contributed by atoms with Crippen LogP contribution in [0.3, 0.4) is 0 Å². The van der Waals surface area contributed by atoms with Gasteiger partial charge >= 0.3 is 0 Å². The predicted molar refractivity (Wildman–Crippen MR) is 88.4 cm³/mol. The van der Waals surface area contributed by atoms with Crippen LogP contribution in [0.2, 0.25) is 0 Å². The lowest BCUT2D eigenvalue weighted by molar-refractivity contribution is 0.624. The Balaban J connectivity index is 0.00000289. The molecule has 102 valence electrons. The van der Waals surface area contributed by atoms with Crippen molar-refractivity contribution in [2.24, 2.45) is 4.99 Å². The van der Waals surface area contributed by atoms with Crippen LogP contribution >= 0.6 is 35.7 Å². The summed E-state index contributed by atoms with van der Waals surface area (Å²) in [7, 11) is 1.72. The monoisotopic (exact) mass is 383 g/mol. The van der Waals surface area contributed by atoms with Gasteiger partial charge < -0.3 is 10.6 Å². The molecule has 0 fully saturated rings. The number of halogens is 2. The molecule has 0 amide bonds. The van der Waals surface area contributed by atoms with E-state index in [4.69, 9.17) is 0 Å². The van der Waals surface area contributed by atoms with Crippen LogP contribution in [0.25, 0.3) is 0 Å². The summed E-state index contributed by atoms with van der Waals surface area (Å²) in [6.45, 7) is 1.43. The summed E-state index contributed by atoms with van der Waals surface area (Å²) in [5, 5.41) is 6.31. The van der Waals surface area contributed by atoms with Crippen molar-refractivity contribution in [2.45, 2.75) is 6.54 Å². The smallest absolute Gasteiger partial charge is 0.191 e. The lowest BCUT2D eigenvalue weighted by Gasteiger charge is -2.11. The third-order valence-corrected chi connectivity index (χ3v) is 2.78. The predicted octanol–water partition coefficient (Wildman–Crippen LogP) is 2.47. The van der Waals surface area contributed by atoms with E-state index in [9.17, 15) is 4.39 Å². The van der Waals surface area contributed by atoms with Gasteiger partial charge in [-0.25, -0.2) is 4.39 Å². The maximum absolute atomic E-state index is 12.9. The van der Waals surface area contributed by atoms with E-state index in [-0.39, 0.29) is 29.8 Å². The molecular formula is C12H19FIN3S. The van der Waals surface area contributed by atoms with Crippen molar-refractivity contribution in [2.75, 3.05) is 25.6 Å². The Bertz CT molecular complexity index is 374. The molecule has 0 aliphatic carbocycles. The van der Waals surface area contributed by atoms with Gasteiger partial charge in [-0.2, -0.15) is 11.8 Å². The summed E-state index contributed by atoms with van der Waals surface area (Å²) < 4.78 is 12.9. The van der Waals surface area contributed by atoms with Gasteiger partial charge in [0, 0.05) is 25.9 Å². The van der Waals surface area contributed by atoms with Gasteiger partial charge in [-0.3, -0.25) is 4.99 Å². The zero-order valence-corrected chi connectivity index (χ0v) is 13.7. The molecule has 0 aromatic heterocycles. The molecule has 3 nitrogen and oxygen atoms in total. The molecule has 1 aromatic rings. The van der Waals surface area contributed by atoms with Crippen LogP contribution in [0.15, 0.2) is 29.3 Å². The van der Waals surface area contributed by atoms with Gasteiger partial charge in [-0.05, 0) is 24.0 Å². The zero-order valence-electron chi connectivity index (χ0n) is 10.6. The number of guanidine groups is 1. The number of nitrogens with one attached hydrogen (secondary N) is 2. The van der Waals surface area contributed by atoms with Gasteiger partial charge in [0.05, 0.1) is 0 Å². The molecule has 1 rings (SSSR count). The van der Waals surface area contributed by atoms with Crippen molar-refractivity contribution in [3.63, 3.8) is 0 Å². The standard InChI is InChI=1S/C12H18FN3S.HI/c1-14-12(15-6-7-17-2)16-9-10-4-3-5-11(13)8-10;/h3-5,8H,6-7,9H2,1-2H3,(H2,14,15,16);1H. The van der Waals surface area contributed by atoms with Gasteiger partial charge in [-0.1, -0.05) is 12.1 Å². The van der Waals surface area contributed by atoms with Crippen LogP contribution in [0.1, 0.15) is 5.56 Å². The Labute approximate surface area is 129 Å². The van der Waals surface area contributed by atoms with Crippen LogP contribution in [0, 0.1) is 5.82 Å². The van der Waals surface area contributed by atoms with Crippen LogP contribution in [-0.2, 0) is 6.54 Å². The highest BCUT2D eigenvalue weighted by atomic mass is 127. The second-order valence-electron chi connectivity index (χ2n) is 3.48. The highest BCUT2D eigenvalue weighted by Gasteiger charge is 1.98. The molecular weight excluding hydrogens is 364 g/mol. The first kappa shape index (κ1) is 17.5. The van der Waals surface area contributed by atoms with E-state index >= 15 is 0 Å². The second kappa shape index (κ2) is 10.4. The fraction of sp³-hybridized carbons (Fsp3) is 0.417. The summed E-state index contributed by atoms with van der Waals surface area (Å²) >= 11 is 1.78. The fourth-order valence-corrected chi connectivity index (χ4v) is 1.63. The maximum Gasteiger partial charge on any atom is 0.191 e. The Morgan fingerprint density at radius 2 is 2.17 bits per heavy atom. The van der Waals surface area contributed by atoms with E-state index in [0.29, 0.717) is 6.54 Å². The van der Waals surface area contributed by atoms with E-state index in [2.05, 4.69) is 21.9 Å². The summed E-state index contributed by atoms with van der Waals surface area (Å²) in [6, 6.07) is 6.54. The maximum atomic E-state index is 12.9. The van der Waals surface area contributed by atoms with E-state index in [1.807, 2.05) is 6.07 Å². The molecule has 0 bridgehead atoms. The van der Waals surface area contributed by atoms with E-state index in [0.717, 1.165) is 23.8 Å². The lowest BCUT2D eigenvalue weighted by Crippen LogP contribution is -2.37. The Morgan fingerprint density at radius 1 is 1.39 bits per heavy atom. The highest BCUT2D eigenvalue weighted by molar-refractivity contribution is 14.0. The minimum absolute atomic E-state index is 0. The summed E-state index contributed by atoms with van der Waals surface area (Å²) in [5.74, 6) is 1.55. The van der Waals surface area contributed by atoms with Crippen molar-refractivity contribution in [1.82, 2.24) is 10.6 Å². The quantitative estimate of drug-likeness (QED) is 0.355. The molecule has 18 heavy (non-hydrogen) atoms. The fourth-order valence-electron chi connectivity index (χ4n) is 1.32. The molecule has 0 saturated heterocycles. The van der Waals surface area contributed by atoms with E-state index in [1.54, 1.807) is 24.9 Å². The van der Waals surface area contributed by atoms with Crippen molar-refractivity contribution in [1.29, 1.82) is 0 Å². The summed E-state index contributed by atoms with van der Waals surface area (Å²) in [5.41, 5.74) is 0.901. The molecule has 0 unspecified atom stereocenters. The first-order chi connectivity index (χ1) is 8.26. The molecule has 0 radical (unpaired) electrons. The number of hydrogen-bond acceptors (Lipinski definition) is 2. The average Bonchev–Trinajstić information content (AvgIpc) is 2.34. The summed E-state index contributed by atoms with van der Waals surface area (Å²) in [4.78, 5) is 4.09. The minimum Gasteiger partial charge on any atom is -0.356 e. The van der Waals surface area contributed by atoms with Gasteiger partial charge in [0.1, 0.15) is 5.82 Å². The number of aliphatic imine (C=N–C) groups is 1. The van der Waals surface area contributed by atoms with Crippen LogP contribution in [0.5, 0.6) is 0 Å². The second-order valence-corrected chi connectivity index (χ2v) is 4.46. The Morgan fingerprint density at radius 3 is 2.78 bits per heavy atom. The molecule has 0 spiro atoms. The Kier molecular flexibility index (Phi) is 10.1. The van der Waals surface area contributed by atoms with Crippen LogP contribution in [-0.4, -0.2) is 31.6 Å². The first-order valence-electron chi connectivity index (χ1n) is 5.44. The van der Waals surface area contributed by atoms with Crippen molar-refractivity contribution >= 4 is 41.7 Å². The van der Waals surface area contributed by atoms with Crippen molar-refractivity contribution in [3.05, 3.63) is 35.6 Å².